The summed E-state index contributed by atoms with van der Waals surface area (Å²) >= 11 is 0. The van der Waals surface area contributed by atoms with Crippen molar-refractivity contribution in [3.05, 3.63) is 95.6 Å². The molecule has 1 N–H and O–H groups in total. The molecule has 0 radical (unpaired) electrons. The predicted octanol–water partition coefficient (Wildman–Crippen LogP) is 6.41. The van der Waals surface area contributed by atoms with Gasteiger partial charge < -0.3 is 5.11 Å². The highest BCUT2D eigenvalue weighted by molar-refractivity contribution is 7.92. The summed E-state index contributed by atoms with van der Waals surface area (Å²) in [5, 5.41) is 9.52. The zero-order valence-electron chi connectivity index (χ0n) is 18.2. The lowest BCUT2D eigenvalue weighted by Gasteiger charge is -2.32. The normalized spacial score (nSPS) is 13.5. The highest BCUT2D eigenvalue weighted by Gasteiger charge is 2.71. The summed E-state index contributed by atoms with van der Waals surface area (Å²) in [7, 11) is -4.83. The van der Waals surface area contributed by atoms with Gasteiger partial charge in [-0.3, -0.25) is 4.31 Å². The maximum absolute atomic E-state index is 13.4. The Labute approximate surface area is 204 Å². The van der Waals surface area contributed by atoms with Gasteiger partial charge in [0.25, 0.3) is 15.6 Å². The Morgan fingerprint density at radius 3 is 1.70 bits per heavy atom. The first-order valence-corrected chi connectivity index (χ1v) is 11.5. The van der Waals surface area contributed by atoms with Crippen LogP contribution in [0.2, 0.25) is 0 Å². The van der Waals surface area contributed by atoms with E-state index in [9.17, 15) is 53.0 Å². The van der Waals surface area contributed by atoms with Crippen LogP contribution in [0.4, 0.5) is 45.2 Å². The minimum atomic E-state index is -6.19. The Morgan fingerprint density at radius 1 is 0.676 bits per heavy atom. The highest BCUT2D eigenvalue weighted by Crippen LogP contribution is 2.50. The van der Waals surface area contributed by atoms with Crippen LogP contribution in [0.25, 0.3) is 0 Å². The van der Waals surface area contributed by atoms with Crippen molar-refractivity contribution < 1.29 is 53.0 Å². The summed E-state index contributed by atoms with van der Waals surface area (Å²) in [6.07, 6.45) is -17.2. The molecule has 0 aliphatic heterocycles. The SMILES string of the molecule is O=S(=O)(c1ccc(C(O)(C(F)(F)F)C(F)(F)F)cc1)N(Cc1ccccc1)c1cccc(C(F)(F)F)c1. The summed E-state index contributed by atoms with van der Waals surface area (Å²) < 4.78 is 146. The second kappa shape index (κ2) is 9.56. The minimum Gasteiger partial charge on any atom is -0.369 e. The Morgan fingerprint density at radius 2 is 1.22 bits per heavy atom. The lowest BCUT2D eigenvalue weighted by molar-refractivity contribution is -0.376. The molecule has 0 bridgehead atoms. The molecule has 0 amide bonds. The Hall–Kier alpha value is -3.26. The fraction of sp³-hybridized carbons (Fsp3) is 0.217. The molecule has 37 heavy (non-hydrogen) atoms. The molecule has 4 nitrogen and oxygen atoms in total. The zero-order valence-corrected chi connectivity index (χ0v) is 19.1. The minimum absolute atomic E-state index is 0.140. The molecular weight excluding hydrogens is 541 g/mol. The summed E-state index contributed by atoms with van der Waals surface area (Å²) in [5.74, 6) is 0. The third-order valence-electron chi connectivity index (χ3n) is 5.31. The number of hydrogen-bond acceptors (Lipinski definition) is 3. The van der Waals surface area contributed by atoms with Gasteiger partial charge in [0.15, 0.2) is 0 Å². The molecule has 0 aliphatic rings. The molecule has 0 atom stereocenters. The van der Waals surface area contributed by atoms with Gasteiger partial charge in [0.05, 0.1) is 22.7 Å². The van der Waals surface area contributed by atoms with Gasteiger partial charge in [-0.25, -0.2) is 8.42 Å². The van der Waals surface area contributed by atoms with Crippen LogP contribution in [0.5, 0.6) is 0 Å². The zero-order chi connectivity index (χ0) is 27.9. The first-order valence-electron chi connectivity index (χ1n) is 10.1. The number of sulfonamides is 1. The van der Waals surface area contributed by atoms with E-state index in [-0.39, 0.29) is 12.1 Å². The van der Waals surface area contributed by atoms with Gasteiger partial charge in [-0.1, -0.05) is 48.5 Å². The standard InChI is InChI=1S/C23H16F9NO3S/c24-21(25,26)17-7-4-8-18(13-17)33(14-15-5-2-1-3-6-15)37(35,36)19-11-9-16(10-12-19)20(34,22(27,28)29)23(30,31)32/h1-13,34H,14H2. The number of benzene rings is 3. The summed E-state index contributed by atoms with van der Waals surface area (Å²) in [5.41, 5.74) is -8.30. The summed E-state index contributed by atoms with van der Waals surface area (Å²) in [4.78, 5) is -0.823. The van der Waals surface area contributed by atoms with Gasteiger partial charge >= 0.3 is 18.5 Å². The molecule has 3 aromatic rings. The highest BCUT2D eigenvalue weighted by atomic mass is 32.2. The Bertz CT molecular complexity index is 1320. The molecule has 0 saturated carbocycles. The number of halogens is 9. The number of hydrogen-bond donors (Lipinski definition) is 1. The first kappa shape index (κ1) is 28.3. The molecule has 200 valence electrons. The van der Waals surface area contributed by atoms with Crippen molar-refractivity contribution in [3.8, 4) is 0 Å². The van der Waals surface area contributed by atoms with Crippen LogP contribution in [0.15, 0.2) is 83.8 Å². The smallest absolute Gasteiger partial charge is 0.369 e. The van der Waals surface area contributed by atoms with Crippen LogP contribution in [-0.4, -0.2) is 25.9 Å². The molecule has 0 saturated heterocycles. The molecule has 0 unspecified atom stereocenters. The molecule has 0 aromatic heterocycles. The van der Waals surface area contributed by atoms with E-state index >= 15 is 0 Å². The van der Waals surface area contributed by atoms with E-state index < -0.39 is 62.4 Å². The molecule has 14 heteroatoms. The quantitative estimate of drug-likeness (QED) is 0.357. The maximum Gasteiger partial charge on any atom is 0.430 e. The predicted molar refractivity (Wildman–Crippen MR) is 114 cm³/mol. The van der Waals surface area contributed by atoms with Crippen LogP contribution in [0, 0.1) is 0 Å². The molecule has 0 heterocycles. The van der Waals surface area contributed by atoms with Crippen LogP contribution >= 0.6 is 0 Å². The average Bonchev–Trinajstić information content (AvgIpc) is 2.81. The van der Waals surface area contributed by atoms with Gasteiger partial charge in [0.2, 0.25) is 0 Å². The Kier molecular flexibility index (Phi) is 7.32. The topological polar surface area (TPSA) is 57.6 Å². The van der Waals surface area contributed by atoms with Crippen molar-refractivity contribution in [2.45, 2.75) is 35.6 Å². The van der Waals surface area contributed by atoms with E-state index in [0.717, 1.165) is 12.1 Å². The third-order valence-corrected chi connectivity index (χ3v) is 7.10. The van der Waals surface area contributed by atoms with Crippen LogP contribution in [0.3, 0.4) is 0 Å². The van der Waals surface area contributed by atoms with Gasteiger partial charge in [-0.05, 0) is 35.9 Å². The molecule has 3 rings (SSSR count). The molecule has 0 fully saturated rings. The van der Waals surface area contributed by atoms with Gasteiger partial charge in [0.1, 0.15) is 0 Å². The fourth-order valence-electron chi connectivity index (χ4n) is 3.39. The van der Waals surface area contributed by atoms with Crippen molar-refractivity contribution in [2.75, 3.05) is 4.31 Å². The van der Waals surface area contributed by atoms with E-state index in [1.807, 2.05) is 0 Å². The van der Waals surface area contributed by atoms with Gasteiger partial charge in [-0.2, -0.15) is 39.5 Å². The number of alkyl halides is 9. The van der Waals surface area contributed by atoms with Crippen molar-refractivity contribution in [1.29, 1.82) is 0 Å². The molecule has 0 spiro atoms. The van der Waals surface area contributed by atoms with E-state index in [2.05, 4.69) is 0 Å². The van der Waals surface area contributed by atoms with Gasteiger partial charge in [0, 0.05) is 5.56 Å². The van der Waals surface area contributed by atoms with Crippen LogP contribution in [0.1, 0.15) is 16.7 Å². The number of aliphatic hydroxyl groups is 1. The first-order chi connectivity index (χ1) is 16.9. The van der Waals surface area contributed by atoms with E-state index in [1.54, 1.807) is 6.07 Å². The largest absolute Gasteiger partial charge is 0.430 e. The van der Waals surface area contributed by atoms with Crippen molar-refractivity contribution >= 4 is 15.7 Å². The van der Waals surface area contributed by atoms with Gasteiger partial charge in [-0.15, -0.1) is 0 Å². The van der Waals surface area contributed by atoms with E-state index in [1.165, 1.54) is 24.3 Å². The number of rotatable bonds is 6. The van der Waals surface area contributed by atoms with E-state index in [4.69, 9.17) is 0 Å². The monoisotopic (exact) mass is 557 g/mol. The second-order valence-corrected chi connectivity index (χ2v) is 9.64. The Balaban J connectivity index is 2.13. The third kappa shape index (κ3) is 5.54. The fourth-order valence-corrected chi connectivity index (χ4v) is 4.83. The maximum atomic E-state index is 13.4. The average molecular weight is 557 g/mol. The van der Waals surface area contributed by atoms with Crippen LogP contribution < -0.4 is 4.31 Å². The summed E-state index contributed by atoms with van der Waals surface area (Å²) in [6, 6.07) is 11.9. The van der Waals surface area contributed by atoms with Crippen molar-refractivity contribution in [3.63, 3.8) is 0 Å². The lowest BCUT2D eigenvalue weighted by Crippen LogP contribution is -2.53. The van der Waals surface area contributed by atoms with Crippen molar-refractivity contribution in [2.24, 2.45) is 0 Å². The second-order valence-electron chi connectivity index (χ2n) is 7.78. The number of anilines is 1. The molecule has 3 aromatic carbocycles. The lowest BCUT2D eigenvalue weighted by atomic mass is 9.92. The van der Waals surface area contributed by atoms with Crippen molar-refractivity contribution in [1.82, 2.24) is 0 Å². The van der Waals surface area contributed by atoms with Crippen LogP contribution in [-0.2, 0) is 28.3 Å². The number of nitrogens with zero attached hydrogens (tertiary/aromatic N) is 1. The summed E-state index contributed by atoms with van der Waals surface area (Å²) in [6.45, 7) is -0.513. The molecular formula is C23H16F9NO3S. The molecule has 0 aliphatic carbocycles. The van der Waals surface area contributed by atoms with E-state index in [0.29, 0.717) is 34.1 Å².